The minimum atomic E-state index is 0.610. The van der Waals surface area contributed by atoms with Gasteiger partial charge in [0.15, 0.2) is 0 Å². The molecule has 0 saturated heterocycles. The Balaban J connectivity index is 1.99. The molecule has 6 heteroatoms. The van der Waals surface area contributed by atoms with Crippen LogP contribution in [0.15, 0.2) is 23.1 Å². The molecule has 0 aliphatic heterocycles. The van der Waals surface area contributed by atoms with Crippen LogP contribution in [0.5, 0.6) is 0 Å². The van der Waals surface area contributed by atoms with Gasteiger partial charge in [0.1, 0.15) is 0 Å². The van der Waals surface area contributed by atoms with Crippen LogP contribution in [0.3, 0.4) is 0 Å². The minimum absolute atomic E-state index is 0.610. The average molecular weight is 268 g/mol. The van der Waals surface area contributed by atoms with Crippen molar-refractivity contribution in [2.75, 3.05) is 5.32 Å². The van der Waals surface area contributed by atoms with E-state index in [0.717, 1.165) is 15.7 Å². The molecule has 5 nitrogen and oxygen atoms in total. The third kappa shape index (κ3) is 2.53. The number of hydrogen-bond donors (Lipinski definition) is 2. The Labute approximate surface area is 95.5 Å². The lowest BCUT2D eigenvalue weighted by molar-refractivity contribution is 1.02. The first-order valence-electron chi connectivity index (χ1n) is 4.46. The van der Waals surface area contributed by atoms with Gasteiger partial charge in [-0.1, -0.05) is 0 Å². The Bertz CT molecular complexity index is 436. The zero-order valence-electron chi connectivity index (χ0n) is 8.16. The molecule has 0 aliphatic carbocycles. The number of aromatic amines is 1. The zero-order chi connectivity index (χ0) is 10.7. The summed E-state index contributed by atoms with van der Waals surface area (Å²) >= 11 is 3.28. The normalized spacial score (nSPS) is 10.3. The summed E-state index contributed by atoms with van der Waals surface area (Å²) in [5.74, 6) is 0.610. The van der Waals surface area contributed by atoms with E-state index in [9.17, 15) is 0 Å². The van der Waals surface area contributed by atoms with E-state index in [2.05, 4.69) is 41.4 Å². The predicted molar refractivity (Wildman–Crippen MR) is 60.4 cm³/mol. The van der Waals surface area contributed by atoms with Crippen LogP contribution in [0, 0.1) is 6.92 Å². The maximum Gasteiger partial charge on any atom is 0.222 e. The highest BCUT2D eigenvalue weighted by atomic mass is 79.9. The van der Waals surface area contributed by atoms with Gasteiger partial charge in [-0.2, -0.15) is 5.10 Å². The highest BCUT2D eigenvalue weighted by molar-refractivity contribution is 9.10. The molecular weight excluding hydrogens is 258 g/mol. The number of hydrogen-bond acceptors (Lipinski definition) is 4. The Hall–Kier alpha value is -1.43. The largest absolute Gasteiger partial charge is 0.350 e. The predicted octanol–water partition coefficient (Wildman–Crippen LogP) is 1.88. The van der Waals surface area contributed by atoms with Gasteiger partial charge in [0.2, 0.25) is 5.95 Å². The third-order valence-electron chi connectivity index (χ3n) is 1.99. The third-order valence-corrected chi connectivity index (χ3v) is 2.40. The van der Waals surface area contributed by atoms with Gasteiger partial charge in [0, 0.05) is 30.2 Å². The van der Waals surface area contributed by atoms with E-state index < -0.39 is 0 Å². The van der Waals surface area contributed by atoms with Crippen LogP contribution in [0.1, 0.15) is 11.3 Å². The highest BCUT2D eigenvalue weighted by Crippen LogP contribution is 2.08. The molecule has 78 valence electrons. The van der Waals surface area contributed by atoms with E-state index in [4.69, 9.17) is 0 Å². The maximum absolute atomic E-state index is 4.11. The number of H-pyrrole nitrogens is 1. The van der Waals surface area contributed by atoms with Crippen molar-refractivity contribution in [3.63, 3.8) is 0 Å². The summed E-state index contributed by atoms with van der Waals surface area (Å²) < 4.78 is 0.868. The quantitative estimate of drug-likeness (QED) is 0.892. The summed E-state index contributed by atoms with van der Waals surface area (Å²) in [6.07, 6.45) is 5.20. The smallest absolute Gasteiger partial charge is 0.222 e. The highest BCUT2D eigenvalue weighted by Gasteiger charge is 2.00. The maximum atomic E-state index is 4.11. The summed E-state index contributed by atoms with van der Waals surface area (Å²) in [5.41, 5.74) is 2.17. The summed E-state index contributed by atoms with van der Waals surface area (Å²) in [6, 6.07) is 0. The van der Waals surface area contributed by atoms with Gasteiger partial charge in [-0.05, 0) is 22.9 Å². The monoisotopic (exact) mass is 267 g/mol. The molecule has 0 atom stereocenters. The van der Waals surface area contributed by atoms with Crippen LogP contribution in [-0.2, 0) is 6.54 Å². The van der Waals surface area contributed by atoms with Crippen molar-refractivity contribution in [2.45, 2.75) is 13.5 Å². The van der Waals surface area contributed by atoms with Crippen LogP contribution < -0.4 is 5.32 Å². The van der Waals surface area contributed by atoms with Crippen molar-refractivity contribution < 1.29 is 0 Å². The summed E-state index contributed by atoms with van der Waals surface area (Å²) in [7, 11) is 0. The van der Waals surface area contributed by atoms with Crippen molar-refractivity contribution in [2.24, 2.45) is 0 Å². The molecule has 0 aromatic carbocycles. The molecule has 0 saturated carbocycles. The second-order valence-corrected chi connectivity index (χ2v) is 4.01. The van der Waals surface area contributed by atoms with Crippen LogP contribution in [0.2, 0.25) is 0 Å². The molecule has 15 heavy (non-hydrogen) atoms. The zero-order valence-corrected chi connectivity index (χ0v) is 9.74. The molecule has 2 aromatic heterocycles. The van der Waals surface area contributed by atoms with Gasteiger partial charge in [0.05, 0.1) is 10.7 Å². The Morgan fingerprint density at radius 1 is 1.33 bits per heavy atom. The fraction of sp³-hybridized carbons (Fsp3) is 0.222. The number of aromatic nitrogens is 4. The van der Waals surface area contributed by atoms with Crippen LogP contribution >= 0.6 is 15.9 Å². The minimum Gasteiger partial charge on any atom is -0.350 e. The van der Waals surface area contributed by atoms with Crippen molar-refractivity contribution in [1.82, 2.24) is 20.2 Å². The Kier molecular flexibility index (Phi) is 2.96. The first-order valence-corrected chi connectivity index (χ1v) is 5.25. The SMILES string of the molecule is Cc1[nH]ncc1CNc1ncc(Br)cn1. The fourth-order valence-corrected chi connectivity index (χ4v) is 1.34. The average Bonchev–Trinajstić information content (AvgIpc) is 2.63. The number of nitrogens with one attached hydrogen (secondary N) is 2. The molecular formula is C9H10BrN5. The number of rotatable bonds is 3. The van der Waals surface area contributed by atoms with Gasteiger partial charge >= 0.3 is 0 Å². The summed E-state index contributed by atoms with van der Waals surface area (Å²) in [4.78, 5) is 8.22. The first-order chi connectivity index (χ1) is 7.25. The second kappa shape index (κ2) is 4.39. The lowest BCUT2D eigenvalue weighted by atomic mass is 10.3. The van der Waals surface area contributed by atoms with Crippen molar-refractivity contribution in [3.8, 4) is 0 Å². The van der Waals surface area contributed by atoms with Gasteiger partial charge in [-0.3, -0.25) is 5.10 Å². The number of nitrogens with zero attached hydrogens (tertiary/aromatic N) is 3. The Morgan fingerprint density at radius 3 is 2.67 bits per heavy atom. The van der Waals surface area contributed by atoms with E-state index in [1.807, 2.05) is 6.92 Å². The summed E-state index contributed by atoms with van der Waals surface area (Å²) in [6.45, 7) is 2.65. The molecule has 0 fully saturated rings. The standard InChI is InChI=1S/C9H10BrN5/c1-6-7(3-14-15-6)2-11-9-12-4-8(10)5-13-9/h3-5H,2H2,1H3,(H,14,15)(H,11,12,13). The molecule has 0 bridgehead atoms. The molecule has 0 spiro atoms. The molecule has 0 aliphatic rings. The van der Waals surface area contributed by atoms with Crippen LogP contribution in [0.4, 0.5) is 5.95 Å². The van der Waals surface area contributed by atoms with Gasteiger partial charge < -0.3 is 5.32 Å². The second-order valence-electron chi connectivity index (χ2n) is 3.10. The van der Waals surface area contributed by atoms with Gasteiger partial charge in [-0.25, -0.2) is 9.97 Å². The molecule has 2 aromatic rings. The van der Waals surface area contributed by atoms with E-state index >= 15 is 0 Å². The molecule has 2 N–H and O–H groups in total. The van der Waals surface area contributed by atoms with E-state index in [1.165, 1.54) is 0 Å². The first kappa shape index (κ1) is 10.1. The van der Waals surface area contributed by atoms with Crippen molar-refractivity contribution in [3.05, 3.63) is 34.3 Å². The van der Waals surface area contributed by atoms with E-state index in [1.54, 1.807) is 18.6 Å². The lowest BCUT2D eigenvalue weighted by Gasteiger charge is -2.02. The number of aryl methyl sites for hydroxylation is 1. The number of anilines is 1. The molecule has 0 radical (unpaired) electrons. The molecule has 0 unspecified atom stereocenters. The van der Waals surface area contributed by atoms with E-state index in [0.29, 0.717) is 12.5 Å². The number of halogens is 1. The molecule has 2 rings (SSSR count). The van der Waals surface area contributed by atoms with Crippen molar-refractivity contribution >= 4 is 21.9 Å². The summed E-state index contributed by atoms with van der Waals surface area (Å²) in [5, 5.41) is 9.92. The van der Waals surface area contributed by atoms with Gasteiger partial charge in [0.25, 0.3) is 0 Å². The molecule has 0 amide bonds. The Morgan fingerprint density at radius 2 is 2.07 bits per heavy atom. The van der Waals surface area contributed by atoms with Crippen molar-refractivity contribution in [1.29, 1.82) is 0 Å². The van der Waals surface area contributed by atoms with Crippen LogP contribution in [-0.4, -0.2) is 20.2 Å². The van der Waals surface area contributed by atoms with Crippen LogP contribution in [0.25, 0.3) is 0 Å². The van der Waals surface area contributed by atoms with Gasteiger partial charge in [-0.15, -0.1) is 0 Å². The van der Waals surface area contributed by atoms with E-state index in [-0.39, 0.29) is 0 Å². The molecule has 2 heterocycles. The lowest BCUT2D eigenvalue weighted by Crippen LogP contribution is -2.03. The fourth-order valence-electron chi connectivity index (χ4n) is 1.13. The topological polar surface area (TPSA) is 66.5 Å².